The van der Waals surface area contributed by atoms with Gasteiger partial charge in [-0.05, 0) is 24.6 Å². The van der Waals surface area contributed by atoms with Crippen LogP contribution < -0.4 is 11.1 Å². The maximum Gasteiger partial charge on any atom is 0.230 e. The molecule has 0 aromatic heterocycles. The van der Waals surface area contributed by atoms with Crippen LogP contribution in [0.25, 0.3) is 0 Å². The van der Waals surface area contributed by atoms with E-state index in [1.54, 1.807) is 6.92 Å². The standard InChI is InChI=1S/C13H16F2N2O2S/c1-2-11(9-5-8(14)3-4-10(9)15)17-13(19)7-20-6-12(16)18/h3-5,11H,2,6-7H2,1H3,(H2,16,18)(H,17,19)/t11-/m1/s1. The molecule has 0 saturated carbocycles. The van der Waals surface area contributed by atoms with E-state index in [1.165, 1.54) is 0 Å². The summed E-state index contributed by atoms with van der Waals surface area (Å²) in [6.45, 7) is 1.76. The molecule has 4 nitrogen and oxygen atoms in total. The maximum atomic E-state index is 13.6. The fourth-order valence-corrected chi connectivity index (χ4v) is 2.23. The monoisotopic (exact) mass is 302 g/mol. The van der Waals surface area contributed by atoms with Crippen molar-refractivity contribution in [2.45, 2.75) is 19.4 Å². The van der Waals surface area contributed by atoms with Gasteiger partial charge < -0.3 is 11.1 Å². The zero-order chi connectivity index (χ0) is 15.1. The molecule has 0 saturated heterocycles. The molecule has 0 bridgehead atoms. The highest BCUT2D eigenvalue weighted by Gasteiger charge is 2.17. The molecule has 20 heavy (non-hydrogen) atoms. The van der Waals surface area contributed by atoms with E-state index in [0.29, 0.717) is 6.42 Å². The van der Waals surface area contributed by atoms with Crippen molar-refractivity contribution < 1.29 is 18.4 Å². The fraction of sp³-hybridized carbons (Fsp3) is 0.385. The van der Waals surface area contributed by atoms with Crippen LogP contribution in [-0.2, 0) is 9.59 Å². The average molecular weight is 302 g/mol. The lowest BCUT2D eigenvalue weighted by molar-refractivity contribution is -0.119. The Balaban J connectivity index is 2.64. The molecule has 0 aliphatic carbocycles. The molecule has 1 aromatic carbocycles. The Morgan fingerprint density at radius 1 is 1.35 bits per heavy atom. The number of nitrogens with two attached hydrogens (primary N) is 1. The second kappa shape index (κ2) is 7.84. The fourth-order valence-electron chi connectivity index (χ4n) is 1.66. The van der Waals surface area contributed by atoms with Gasteiger partial charge in [0.2, 0.25) is 11.8 Å². The summed E-state index contributed by atoms with van der Waals surface area (Å²) in [4.78, 5) is 22.2. The van der Waals surface area contributed by atoms with Gasteiger partial charge in [0.05, 0.1) is 17.5 Å². The molecule has 7 heteroatoms. The third-order valence-electron chi connectivity index (χ3n) is 2.55. The number of thioether (sulfide) groups is 1. The van der Waals surface area contributed by atoms with Crippen LogP contribution >= 0.6 is 11.8 Å². The minimum atomic E-state index is -0.604. The summed E-state index contributed by atoms with van der Waals surface area (Å²) in [7, 11) is 0. The highest BCUT2D eigenvalue weighted by molar-refractivity contribution is 8.00. The first-order valence-electron chi connectivity index (χ1n) is 6.04. The average Bonchev–Trinajstić information content (AvgIpc) is 2.38. The predicted octanol–water partition coefficient (Wildman–Crippen LogP) is 1.75. The van der Waals surface area contributed by atoms with Crippen LogP contribution in [0.5, 0.6) is 0 Å². The first-order valence-corrected chi connectivity index (χ1v) is 7.19. The van der Waals surface area contributed by atoms with Crippen LogP contribution in [0.3, 0.4) is 0 Å². The molecule has 0 aliphatic heterocycles. The van der Waals surface area contributed by atoms with E-state index >= 15 is 0 Å². The quantitative estimate of drug-likeness (QED) is 0.806. The van der Waals surface area contributed by atoms with Crippen molar-refractivity contribution in [3.8, 4) is 0 Å². The minimum absolute atomic E-state index is 0.0381. The normalized spacial score (nSPS) is 11.9. The zero-order valence-corrected chi connectivity index (χ0v) is 11.8. The van der Waals surface area contributed by atoms with Crippen molar-refractivity contribution >= 4 is 23.6 Å². The summed E-state index contributed by atoms with van der Waals surface area (Å²) >= 11 is 1.07. The predicted molar refractivity (Wildman–Crippen MR) is 74.1 cm³/mol. The van der Waals surface area contributed by atoms with E-state index in [1.807, 2.05) is 0 Å². The van der Waals surface area contributed by atoms with E-state index in [4.69, 9.17) is 5.73 Å². The number of benzene rings is 1. The summed E-state index contributed by atoms with van der Waals surface area (Å²) in [6, 6.07) is 2.52. The number of carbonyl (C=O) groups is 2. The van der Waals surface area contributed by atoms with Crippen LogP contribution in [0.2, 0.25) is 0 Å². The highest BCUT2D eigenvalue weighted by Crippen LogP contribution is 2.21. The van der Waals surface area contributed by atoms with Crippen molar-refractivity contribution in [3.05, 3.63) is 35.4 Å². The molecule has 0 unspecified atom stereocenters. The minimum Gasteiger partial charge on any atom is -0.369 e. The van der Waals surface area contributed by atoms with Crippen molar-refractivity contribution in [2.24, 2.45) is 5.73 Å². The first-order chi connectivity index (χ1) is 9.43. The van der Waals surface area contributed by atoms with Crippen LogP contribution in [0, 0.1) is 11.6 Å². The van der Waals surface area contributed by atoms with Gasteiger partial charge in [0, 0.05) is 5.56 Å². The van der Waals surface area contributed by atoms with Gasteiger partial charge in [-0.3, -0.25) is 9.59 Å². The summed E-state index contributed by atoms with van der Waals surface area (Å²) in [5.41, 5.74) is 5.06. The van der Waals surface area contributed by atoms with Gasteiger partial charge >= 0.3 is 0 Å². The Labute approximate surface area is 120 Å². The molecular weight excluding hydrogens is 286 g/mol. The third-order valence-corrected chi connectivity index (χ3v) is 3.51. The lowest BCUT2D eigenvalue weighted by atomic mass is 10.0. The molecule has 3 N–H and O–H groups in total. The zero-order valence-electron chi connectivity index (χ0n) is 11.0. The molecule has 0 aliphatic rings. The van der Waals surface area contributed by atoms with Crippen LogP contribution in [-0.4, -0.2) is 23.3 Å². The molecule has 1 rings (SSSR count). The molecule has 1 aromatic rings. The summed E-state index contributed by atoms with van der Waals surface area (Å²) in [6.07, 6.45) is 0.423. The summed E-state index contributed by atoms with van der Waals surface area (Å²) < 4.78 is 26.8. The lowest BCUT2D eigenvalue weighted by Crippen LogP contribution is -2.30. The molecule has 110 valence electrons. The van der Waals surface area contributed by atoms with Crippen molar-refractivity contribution in [3.63, 3.8) is 0 Å². The smallest absolute Gasteiger partial charge is 0.230 e. The number of nitrogens with one attached hydrogen (secondary N) is 1. The van der Waals surface area contributed by atoms with Gasteiger partial charge in [-0.15, -0.1) is 11.8 Å². The molecule has 2 amide bonds. The number of amides is 2. The van der Waals surface area contributed by atoms with E-state index in [0.717, 1.165) is 30.0 Å². The van der Waals surface area contributed by atoms with Crippen LogP contribution in [0.15, 0.2) is 18.2 Å². The number of primary amides is 1. The summed E-state index contributed by atoms with van der Waals surface area (Å²) in [5, 5.41) is 2.61. The first kappa shape index (κ1) is 16.4. The number of carbonyl (C=O) groups excluding carboxylic acids is 2. The van der Waals surface area contributed by atoms with Gasteiger partial charge in [-0.25, -0.2) is 8.78 Å². The van der Waals surface area contributed by atoms with Gasteiger partial charge in [0.15, 0.2) is 0 Å². The number of hydrogen-bond acceptors (Lipinski definition) is 3. The molecule has 0 fully saturated rings. The topological polar surface area (TPSA) is 72.2 Å². The number of rotatable bonds is 7. The maximum absolute atomic E-state index is 13.6. The third kappa shape index (κ3) is 5.16. The van der Waals surface area contributed by atoms with Crippen molar-refractivity contribution in [1.82, 2.24) is 5.32 Å². The van der Waals surface area contributed by atoms with E-state index in [9.17, 15) is 18.4 Å². The van der Waals surface area contributed by atoms with E-state index in [2.05, 4.69) is 5.32 Å². The second-order valence-corrected chi connectivity index (χ2v) is 5.14. The van der Waals surface area contributed by atoms with Gasteiger partial charge in [-0.2, -0.15) is 0 Å². The Morgan fingerprint density at radius 2 is 2.05 bits per heavy atom. The molecule has 0 spiro atoms. The molecule has 0 heterocycles. The number of halogens is 2. The number of hydrogen-bond donors (Lipinski definition) is 2. The Kier molecular flexibility index (Phi) is 6.44. The van der Waals surface area contributed by atoms with Crippen LogP contribution in [0.4, 0.5) is 8.78 Å². The molecular formula is C13H16F2N2O2S. The van der Waals surface area contributed by atoms with E-state index < -0.39 is 23.6 Å². The Bertz CT molecular complexity index is 497. The van der Waals surface area contributed by atoms with E-state index in [-0.39, 0.29) is 23.0 Å². The van der Waals surface area contributed by atoms with Gasteiger partial charge in [0.1, 0.15) is 11.6 Å². The van der Waals surface area contributed by atoms with Crippen molar-refractivity contribution in [1.29, 1.82) is 0 Å². The summed E-state index contributed by atoms with van der Waals surface area (Å²) in [5.74, 6) is -1.91. The van der Waals surface area contributed by atoms with Gasteiger partial charge in [0.25, 0.3) is 0 Å². The molecule has 0 radical (unpaired) electrons. The Hall–Kier alpha value is -1.63. The SMILES string of the molecule is CC[C@@H](NC(=O)CSCC(N)=O)c1cc(F)ccc1F. The Morgan fingerprint density at radius 3 is 2.65 bits per heavy atom. The molecule has 1 atom stereocenters. The van der Waals surface area contributed by atoms with Crippen molar-refractivity contribution in [2.75, 3.05) is 11.5 Å². The van der Waals surface area contributed by atoms with Crippen LogP contribution in [0.1, 0.15) is 24.9 Å². The lowest BCUT2D eigenvalue weighted by Gasteiger charge is -2.18. The highest BCUT2D eigenvalue weighted by atomic mass is 32.2. The van der Waals surface area contributed by atoms with Gasteiger partial charge in [-0.1, -0.05) is 6.92 Å². The second-order valence-electron chi connectivity index (χ2n) is 4.15. The largest absolute Gasteiger partial charge is 0.369 e.